The van der Waals surface area contributed by atoms with Crippen LogP contribution in [0.15, 0.2) is 53.1 Å². The van der Waals surface area contributed by atoms with E-state index in [2.05, 4.69) is 43.5 Å². The van der Waals surface area contributed by atoms with Crippen LogP contribution >= 0.6 is 15.9 Å². The van der Waals surface area contributed by atoms with Crippen molar-refractivity contribution in [2.45, 2.75) is 32.2 Å². The van der Waals surface area contributed by atoms with Gasteiger partial charge in [-0.2, -0.15) is 5.10 Å². The largest absolute Gasteiger partial charge is 0.381 e. The van der Waals surface area contributed by atoms with Gasteiger partial charge in [-0.1, -0.05) is 28.1 Å². The first kappa shape index (κ1) is 19.8. The average Bonchev–Trinajstić information content (AvgIpc) is 3.07. The predicted molar refractivity (Wildman–Crippen MR) is 114 cm³/mol. The highest BCUT2D eigenvalue weighted by molar-refractivity contribution is 9.10. The molecule has 0 bridgehead atoms. The normalized spacial score (nSPS) is 15.8. The monoisotopic (exact) mass is 454 g/mol. The molecule has 150 valence electrons. The van der Waals surface area contributed by atoms with Crippen molar-refractivity contribution in [2.24, 2.45) is 0 Å². The third-order valence-corrected chi connectivity index (χ3v) is 5.81. The number of rotatable bonds is 4. The van der Waals surface area contributed by atoms with E-state index in [1.807, 2.05) is 38.1 Å². The zero-order chi connectivity index (χ0) is 20.4. The fourth-order valence-electron chi connectivity index (χ4n) is 3.79. The standard InChI is InChI=1S/C22H23BrN4O2/c1-15-12-16(2)27(26-15)20-7-6-17(14-24-20)21(28)25-22(8-10-29-11-9-22)18-4-3-5-19(23)13-18/h3-7,12-14H,8-11H2,1-2H3,(H,25,28). The Morgan fingerprint density at radius 3 is 2.59 bits per heavy atom. The quantitative estimate of drug-likeness (QED) is 0.644. The Morgan fingerprint density at radius 2 is 1.97 bits per heavy atom. The summed E-state index contributed by atoms with van der Waals surface area (Å²) in [6.07, 6.45) is 3.06. The molecule has 0 radical (unpaired) electrons. The van der Waals surface area contributed by atoms with Crippen molar-refractivity contribution in [1.82, 2.24) is 20.1 Å². The number of carbonyl (C=O) groups is 1. The van der Waals surface area contributed by atoms with Crippen molar-refractivity contribution < 1.29 is 9.53 Å². The van der Waals surface area contributed by atoms with Crippen LogP contribution in [0.2, 0.25) is 0 Å². The lowest BCUT2D eigenvalue weighted by atomic mass is 9.82. The van der Waals surface area contributed by atoms with Crippen LogP contribution in [0.4, 0.5) is 0 Å². The molecular weight excluding hydrogens is 432 g/mol. The summed E-state index contributed by atoms with van der Waals surface area (Å²) in [4.78, 5) is 17.5. The van der Waals surface area contributed by atoms with E-state index in [9.17, 15) is 4.79 Å². The van der Waals surface area contributed by atoms with Crippen molar-refractivity contribution in [3.05, 3.63) is 75.6 Å². The number of amides is 1. The molecule has 1 aliphatic heterocycles. The summed E-state index contributed by atoms with van der Waals surface area (Å²) in [6.45, 7) is 5.15. The minimum absolute atomic E-state index is 0.140. The van der Waals surface area contributed by atoms with Crippen molar-refractivity contribution in [3.63, 3.8) is 0 Å². The molecule has 0 spiro atoms. The molecule has 1 aliphatic rings. The number of pyridine rings is 1. The first-order chi connectivity index (χ1) is 14.0. The minimum atomic E-state index is -0.451. The van der Waals surface area contributed by atoms with Gasteiger partial charge < -0.3 is 10.1 Å². The van der Waals surface area contributed by atoms with E-state index in [0.29, 0.717) is 24.6 Å². The molecular formula is C22H23BrN4O2. The Bertz CT molecular complexity index is 1020. The van der Waals surface area contributed by atoms with Gasteiger partial charge in [-0.05, 0) is 62.6 Å². The topological polar surface area (TPSA) is 69.0 Å². The van der Waals surface area contributed by atoms with Crippen LogP contribution in [0.25, 0.3) is 5.82 Å². The van der Waals surface area contributed by atoms with Crippen LogP contribution < -0.4 is 5.32 Å². The minimum Gasteiger partial charge on any atom is -0.381 e. The molecule has 0 unspecified atom stereocenters. The summed E-state index contributed by atoms with van der Waals surface area (Å²) in [5.41, 5.74) is 3.09. The highest BCUT2D eigenvalue weighted by atomic mass is 79.9. The van der Waals surface area contributed by atoms with Crippen molar-refractivity contribution >= 4 is 21.8 Å². The maximum Gasteiger partial charge on any atom is 0.253 e. The van der Waals surface area contributed by atoms with Crippen LogP contribution in [-0.2, 0) is 10.3 Å². The fourth-order valence-corrected chi connectivity index (χ4v) is 4.19. The van der Waals surface area contributed by atoms with E-state index in [1.54, 1.807) is 16.9 Å². The molecule has 4 rings (SSSR count). The molecule has 2 aromatic heterocycles. The van der Waals surface area contributed by atoms with Gasteiger partial charge in [-0.15, -0.1) is 0 Å². The van der Waals surface area contributed by atoms with Crippen LogP contribution in [0.3, 0.4) is 0 Å². The molecule has 3 aromatic rings. The molecule has 1 amide bonds. The second-order valence-electron chi connectivity index (χ2n) is 7.40. The molecule has 7 heteroatoms. The summed E-state index contributed by atoms with van der Waals surface area (Å²) in [6, 6.07) is 13.7. The first-order valence-electron chi connectivity index (χ1n) is 9.63. The van der Waals surface area contributed by atoms with Gasteiger partial charge in [-0.25, -0.2) is 9.67 Å². The van der Waals surface area contributed by atoms with Crippen molar-refractivity contribution in [1.29, 1.82) is 0 Å². The van der Waals surface area contributed by atoms with Gasteiger partial charge in [0.2, 0.25) is 0 Å². The van der Waals surface area contributed by atoms with Gasteiger partial charge in [-0.3, -0.25) is 4.79 Å². The van der Waals surface area contributed by atoms with Crippen LogP contribution in [0.5, 0.6) is 0 Å². The smallest absolute Gasteiger partial charge is 0.253 e. The van der Waals surface area contributed by atoms with E-state index in [4.69, 9.17) is 4.74 Å². The number of hydrogen-bond acceptors (Lipinski definition) is 4. The van der Waals surface area contributed by atoms with Gasteiger partial charge in [0.25, 0.3) is 5.91 Å². The number of aryl methyl sites for hydroxylation is 2. The molecule has 29 heavy (non-hydrogen) atoms. The van der Waals surface area contributed by atoms with Gasteiger partial charge in [0.15, 0.2) is 5.82 Å². The Morgan fingerprint density at radius 1 is 1.17 bits per heavy atom. The SMILES string of the molecule is Cc1cc(C)n(-c2ccc(C(=O)NC3(c4cccc(Br)c4)CCOCC3)cn2)n1. The third-order valence-electron chi connectivity index (χ3n) is 5.31. The molecule has 1 N–H and O–H groups in total. The number of nitrogens with one attached hydrogen (secondary N) is 1. The zero-order valence-corrected chi connectivity index (χ0v) is 18.1. The maximum absolute atomic E-state index is 13.1. The number of halogens is 1. The van der Waals surface area contributed by atoms with Gasteiger partial charge in [0.05, 0.1) is 16.8 Å². The lowest BCUT2D eigenvalue weighted by Gasteiger charge is -2.38. The van der Waals surface area contributed by atoms with E-state index in [1.165, 1.54) is 0 Å². The average molecular weight is 455 g/mol. The lowest BCUT2D eigenvalue weighted by molar-refractivity contribution is 0.0345. The highest BCUT2D eigenvalue weighted by Gasteiger charge is 2.36. The summed E-state index contributed by atoms with van der Waals surface area (Å²) >= 11 is 3.54. The zero-order valence-electron chi connectivity index (χ0n) is 16.5. The molecule has 3 heterocycles. The number of ether oxygens (including phenoxy) is 1. The Labute approximate surface area is 178 Å². The van der Waals surface area contributed by atoms with Gasteiger partial charge >= 0.3 is 0 Å². The van der Waals surface area contributed by atoms with E-state index in [-0.39, 0.29) is 5.91 Å². The second kappa shape index (κ2) is 8.08. The number of carbonyl (C=O) groups excluding carboxylic acids is 1. The van der Waals surface area contributed by atoms with Crippen LogP contribution in [-0.4, -0.2) is 33.9 Å². The van der Waals surface area contributed by atoms with Gasteiger partial charge in [0.1, 0.15) is 0 Å². The van der Waals surface area contributed by atoms with E-state index in [0.717, 1.165) is 34.3 Å². The Kier molecular flexibility index (Phi) is 5.52. The summed E-state index contributed by atoms with van der Waals surface area (Å²) in [5, 5.41) is 7.71. The first-order valence-corrected chi connectivity index (χ1v) is 10.4. The van der Waals surface area contributed by atoms with Crippen molar-refractivity contribution in [3.8, 4) is 5.82 Å². The molecule has 1 fully saturated rings. The highest BCUT2D eigenvalue weighted by Crippen LogP contribution is 2.34. The second-order valence-corrected chi connectivity index (χ2v) is 8.32. The van der Waals surface area contributed by atoms with Crippen molar-refractivity contribution in [2.75, 3.05) is 13.2 Å². The predicted octanol–water partition coefficient (Wildman–Crippen LogP) is 4.08. The third kappa shape index (κ3) is 4.11. The van der Waals surface area contributed by atoms with Crippen LogP contribution in [0.1, 0.15) is 40.2 Å². The van der Waals surface area contributed by atoms with E-state index < -0.39 is 5.54 Å². The summed E-state index contributed by atoms with van der Waals surface area (Å²) < 4.78 is 8.32. The molecule has 0 saturated carbocycles. The summed E-state index contributed by atoms with van der Waals surface area (Å²) in [7, 11) is 0. The molecule has 0 atom stereocenters. The number of benzene rings is 1. The number of aromatic nitrogens is 3. The maximum atomic E-state index is 13.1. The number of hydrogen-bond donors (Lipinski definition) is 1. The molecule has 0 aliphatic carbocycles. The molecule has 1 aromatic carbocycles. The van der Waals surface area contributed by atoms with E-state index >= 15 is 0 Å². The molecule has 6 nitrogen and oxygen atoms in total. The van der Waals surface area contributed by atoms with Gasteiger partial charge in [0, 0.05) is 29.6 Å². The summed E-state index contributed by atoms with van der Waals surface area (Å²) in [5.74, 6) is 0.555. The lowest BCUT2D eigenvalue weighted by Crippen LogP contribution is -2.49. The van der Waals surface area contributed by atoms with Crippen LogP contribution in [0, 0.1) is 13.8 Å². The Balaban J connectivity index is 1.59. The Hall–Kier alpha value is -2.51. The fraction of sp³-hybridized carbons (Fsp3) is 0.318. The molecule has 1 saturated heterocycles. The number of nitrogens with zero attached hydrogens (tertiary/aromatic N) is 3.